The van der Waals surface area contributed by atoms with Crippen LogP contribution in [-0.2, 0) is 0 Å². The van der Waals surface area contributed by atoms with E-state index >= 15 is 0 Å². The summed E-state index contributed by atoms with van der Waals surface area (Å²) in [5.41, 5.74) is 7.20. The molecule has 0 aromatic carbocycles. The van der Waals surface area contributed by atoms with E-state index in [0.29, 0.717) is 5.69 Å². The molecule has 1 aromatic rings. The maximum atomic E-state index is 8.87. The van der Waals surface area contributed by atoms with Crippen molar-refractivity contribution in [3.05, 3.63) is 24.0 Å². The Morgan fingerprint density at radius 3 is 3.14 bits per heavy atom. The van der Waals surface area contributed by atoms with Crippen LogP contribution in [0.15, 0.2) is 18.3 Å². The topological polar surface area (TPSA) is 65.9 Å². The minimum Gasteiger partial charge on any atom is -0.368 e. The van der Waals surface area contributed by atoms with Gasteiger partial charge in [-0.1, -0.05) is 0 Å². The van der Waals surface area contributed by atoms with Crippen molar-refractivity contribution < 1.29 is 0 Å². The summed E-state index contributed by atoms with van der Waals surface area (Å²) in [7, 11) is 0. The van der Waals surface area contributed by atoms with Gasteiger partial charge in [-0.25, -0.2) is 4.98 Å². The Kier molecular flexibility index (Phi) is 2.33. The highest BCUT2D eigenvalue weighted by Crippen LogP contribution is 2.21. The van der Waals surface area contributed by atoms with E-state index in [1.165, 1.54) is 0 Å². The molecule has 0 unspecified atom stereocenters. The molecule has 0 spiro atoms. The van der Waals surface area contributed by atoms with Crippen molar-refractivity contribution >= 4 is 5.69 Å². The van der Waals surface area contributed by atoms with Gasteiger partial charge in [-0.05, 0) is 18.6 Å². The van der Waals surface area contributed by atoms with Crippen molar-refractivity contribution in [2.75, 3.05) is 18.0 Å². The maximum absolute atomic E-state index is 8.87. The third-order valence-electron chi connectivity index (χ3n) is 2.46. The molecule has 0 saturated carbocycles. The Hall–Kier alpha value is -1.60. The normalized spacial score (nSPS) is 20.9. The minimum atomic E-state index is 0.224. The van der Waals surface area contributed by atoms with Crippen molar-refractivity contribution in [2.24, 2.45) is 5.73 Å². The number of hydrogen-bond acceptors (Lipinski definition) is 4. The summed E-state index contributed by atoms with van der Waals surface area (Å²) in [6, 6.07) is 6.09. The third kappa shape index (κ3) is 1.54. The summed E-state index contributed by atoms with van der Waals surface area (Å²) in [5, 5.41) is 8.87. The highest BCUT2D eigenvalue weighted by molar-refractivity contribution is 5.56. The molecule has 1 aliphatic heterocycles. The molecule has 4 heteroatoms. The monoisotopic (exact) mass is 188 g/mol. The van der Waals surface area contributed by atoms with E-state index in [9.17, 15) is 0 Å². The van der Waals surface area contributed by atoms with Crippen molar-refractivity contribution in [1.29, 1.82) is 5.26 Å². The van der Waals surface area contributed by atoms with Gasteiger partial charge in [0.1, 0.15) is 6.07 Å². The minimum absolute atomic E-state index is 0.224. The summed E-state index contributed by atoms with van der Waals surface area (Å²) in [6.07, 6.45) is 2.62. The number of nitrogens with zero attached hydrogens (tertiary/aromatic N) is 3. The first kappa shape index (κ1) is 8.97. The predicted octanol–water partition coefficient (Wildman–Crippen LogP) is 0.491. The van der Waals surface area contributed by atoms with Crippen LogP contribution < -0.4 is 10.6 Å². The lowest BCUT2D eigenvalue weighted by molar-refractivity contribution is 0.752. The van der Waals surface area contributed by atoms with Crippen LogP contribution in [0.5, 0.6) is 0 Å². The van der Waals surface area contributed by atoms with Gasteiger partial charge >= 0.3 is 0 Å². The number of hydrogen-bond donors (Lipinski definition) is 1. The fourth-order valence-electron chi connectivity index (χ4n) is 1.74. The molecular formula is C10H12N4. The van der Waals surface area contributed by atoms with Crippen molar-refractivity contribution in [3.8, 4) is 6.07 Å². The van der Waals surface area contributed by atoms with E-state index in [4.69, 9.17) is 11.0 Å². The molecule has 1 aromatic heterocycles. The van der Waals surface area contributed by atoms with E-state index in [2.05, 4.69) is 16.0 Å². The van der Waals surface area contributed by atoms with Crippen LogP contribution in [0.25, 0.3) is 0 Å². The number of rotatable bonds is 1. The van der Waals surface area contributed by atoms with Gasteiger partial charge in [0.25, 0.3) is 0 Å². The second-order valence-electron chi connectivity index (χ2n) is 3.48. The van der Waals surface area contributed by atoms with Crippen LogP contribution in [-0.4, -0.2) is 24.1 Å². The molecule has 1 fully saturated rings. The average molecular weight is 188 g/mol. The zero-order valence-corrected chi connectivity index (χ0v) is 7.85. The fraction of sp³-hybridized carbons (Fsp3) is 0.400. The van der Waals surface area contributed by atoms with Gasteiger partial charge in [-0.3, -0.25) is 0 Å². The average Bonchev–Trinajstić information content (AvgIpc) is 2.65. The lowest BCUT2D eigenvalue weighted by atomic mass is 10.3. The van der Waals surface area contributed by atoms with Gasteiger partial charge in [-0.15, -0.1) is 0 Å². The standard InChI is InChI=1S/C10H12N4/c11-6-9-10(2-1-4-13-9)14-5-3-8(12)7-14/h1-2,4,8H,3,5,7,12H2/t8-/m0/s1. The molecule has 1 saturated heterocycles. The Morgan fingerprint density at radius 1 is 1.64 bits per heavy atom. The number of anilines is 1. The zero-order valence-electron chi connectivity index (χ0n) is 7.85. The zero-order chi connectivity index (χ0) is 9.97. The number of nitriles is 1. The van der Waals surface area contributed by atoms with Crippen LogP contribution in [0.4, 0.5) is 5.69 Å². The smallest absolute Gasteiger partial charge is 0.163 e. The summed E-state index contributed by atoms with van der Waals surface area (Å²) >= 11 is 0. The van der Waals surface area contributed by atoms with Crippen LogP contribution in [0.1, 0.15) is 12.1 Å². The second-order valence-corrected chi connectivity index (χ2v) is 3.48. The second kappa shape index (κ2) is 3.64. The molecule has 72 valence electrons. The summed E-state index contributed by atoms with van der Waals surface area (Å²) in [6.45, 7) is 1.74. The SMILES string of the molecule is N#Cc1ncccc1N1CC[C@H](N)C1. The fourth-order valence-corrected chi connectivity index (χ4v) is 1.74. The Morgan fingerprint density at radius 2 is 2.50 bits per heavy atom. The first-order chi connectivity index (χ1) is 6.81. The molecule has 2 rings (SSSR count). The quantitative estimate of drug-likeness (QED) is 0.696. The molecule has 0 radical (unpaired) electrons. The largest absolute Gasteiger partial charge is 0.368 e. The van der Waals surface area contributed by atoms with E-state index in [1.54, 1.807) is 6.20 Å². The van der Waals surface area contributed by atoms with Crippen molar-refractivity contribution in [1.82, 2.24) is 4.98 Å². The predicted molar refractivity (Wildman–Crippen MR) is 53.8 cm³/mol. The van der Waals surface area contributed by atoms with Gasteiger partial charge in [0.15, 0.2) is 5.69 Å². The van der Waals surface area contributed by atoms with Gasteiger partial charge in [0.05, 0.1) is 5.69 Å². The maximum Gasteiger partial charge on any atom is 0.163 e. The molecule has 2 heterocycles. The molecule has 4 nitrogen and oxygen atoms in total. The number of aromatic nitrogens is 1. The van der Waals surface area contributed by atoms with Crippen LogP contribution in [0, 0.1) is 11.3 Å². The van der Waals surface area contributed by atoms with Crippen LogP contribution >= 0.6 is 0 Å². The first-order valence-electron chi connectivity index (χ1n) is 4.67. The molecule has 2 N–H and O–H groups in total. The van der Waals surface area contributed by atoms with Gasteiger partial charge in [0, 0.05) is 25.3 Å². The van der Waals surface area contributed by atoms with E-state index in [1.807, 2.05) is 12.1 Å². The number of pyridine rings is 1. The molecule has 0 bridgehead atoms. The van der Waals surface area contributed by atoms with Gasteiger partial charge < -0.3 is 10.6 Å². The lowest BCUT2D eigenvalue weighted by Crippen LogP contribution is -2.26. The van der Waals surface area contributed by atoms with Crippen molar-refractivity contribution in [3.63, 3.8) is 0 Å². The molecule has 1 aliphatic rings. The Labute approximate surface area is 83.0 Å². The van der Waals surface area contributed by atoms with Gasteiger partial charge in [-0.2, -0.15) is 5.26 Å². The Bertz CT molecular complexity index is 369. The van der Waals surface area contributed by atoms with E-state index in [-0.39, 0.29) is 6.04 Å². The molecule has 1 atom stereocenters. The van der Waals surface area contributed by atoms with Crippen molar-refractivity contribution in [2.45, 2.75) is 12.5 Å². The molecule has 0 amide bonds. The first-order valence-corrected chi connectivity index (χ1v) is 4.67. The summed E-state index contributed by atoms with van der Waals surface area (Å²) in [5.74, 6) is 0. The summed E-state index contributed by atoms with van der Waals surface area (Å²) < 4.78 is 0. The molecular weight excluding hydrogens is 176 g/mol. The molecule has 0 aliphatic carbocycles. The third-order valence-corrected chi connectivity index (χ3v) is 2.46. The molecule has 14 heavy (non-hydrogen) atoms. The highest BCUT2D eigenvalue weighted by atomic mass is 15.2. The van der Waals surface area contributed by atoms with Crippen LogP contribution in [0.3, 0.4) is 0 Å². The van der Waals surface area contributed by atoms with E-state index in [0.717, 1.165) is 25.2 Å². The van der Waals surface area contributed by atoms with Crippen LogP contribution in [0.2, 0.25) is 0 Å². The Balaban J connectivity index is 2.28. The highest BCUT2D eigenvalue weighted by Gasteiger charge is 2.21. The van der Waals surface area contributed by atoms with Gasteiger partial charge in [0.2, 0.25) is 0 Å². The number of nitrogens with two attached hydrogens (primary N) is 1. The lowest BCUT2D eigenvalue weighted by Gasteiger charge is -2.18. The summed E-state index contributed by atoms with van der Waals surface area (Å²) in [4.78, 5) is 6.14. The van der Waals surface area contributed by atoms with E-state index < -0.39 is 0 Å².